The fourth-order valence-electron chi connectivity index (χ4n) is 4.27. The predicted octanol–water partition coefficient (Wildman–Crippen LogP) is 5.26. The molecule has 1 aliphatic heterocycles. The van der Waals surface area contributed by atoms with E-state index in [1.807, 2.05) is 43.3 Å². The maximum absolute atomic E-state index is 13.4. The molecule has 0 saturated heterocycles. The number of hydrogen-bond donors (Lipinski definition) is 1. The Hall–Kier alpha value is -3.11. The van der Waals surface area contributed by atoms with Gasteiger partial charge in [0.25, 0.3) is 6.17 Å². The van der Waals surface area contributed by atoms with Crippen molar-refractivity contribution in [3.05, 3.63) is 69.4 Å². The van der Waals surface area contributed by atoms with Crippen LogP contribution in [0.15, 0.2) is 63.5 Å². The Kier molecular flexibility index (Phi) is 8.71. The average Bonchev–Trinajstić information content (AvgIpc) is 2.87. The van der Waals surface area contributed by atoms with Crippen LogP contribution < -0.4 is 24.6 Å². The summed E-state index contributed by atoms with van der Waals surface area (Å²) in [4.78, 5) is 31.2. The first-order valence-electron chi connectivity index (χ1n) is 12.2. The van der Waals surface area contributed by atoms with Gasteiger partial charge in [0.2, 0.25) is 11.1 Å². The van der Waals surface area contributed by atoms with Crippen LogP contribution in [0.25, 0.3) is 11.3 Å². The maximum Gasteiger partial charge on any atom is 0.325 e. The number of carbonyl (C=O) groups excluding carboxylic acids is 1. The minimum Gasteiger partial charge on any atom is -0.490 e. The largest absolute Gasteiger partial charge is 0.490 e. The van der Waals surface area contributed by atoms with Gasteiger partial charge in [0.15, 0.2) is 11.5 Å². The minimum absolute atomic E-state index is 0.182. The normalized spacial score (nSPS) is 14.1. The number of rotatable bonds is 10. The van der Waals surface area contributed by atoms with Gasteiger partial charge in [-0.2, -0.15) is 0 Å². The highest BCUT2D eigenvalue weighted by molar-refractivity contribution is 9.10. The fraction of sp³-hybridized carbons (Fsp3) is 0.333. The van der Waals surface area contributed by atoms with E-state index in [-0.39, 0.29) is 11.5 Å². The Morgan fingerprint density at radius 3 is 2.78 bits per heavy atom. The zero-order valence-corrected chi connectivity index (χ0v) is 23.5. The maximum atomic E-state index is 13.4. The number of anilines is 1. The SMILES string of the molecule is C=CCOc1c(Br)cc(C2N(C(C)=O)c3ccccc3-c3c(=O)[nH]c(SCCCC)n[n+]32)cc1OCC. The monoisotopic (exact) mass is 585 g/mol. The molecule has 37 heavy (non-hydrogen) atoms. The molecule has 1 atom stereocenters. The Bertz CT molecular complexity index is 1380. The molecule has 1 aliphatic rings. The van der Waals surface area contributed by atoms with Crippen molar-refractivity contribution >= 4 is 39.3 Å². The molecular formula is C27H30BrN4O4S+. The number of halogens is 1. The molecule has 1 N–H and O–H groups in total. The molecule has 0 radical (unpaired) electrons. The highest BCUT2D eigenvalue weighted by Gasteiger charge is 2.45. The number of nitrogens with one attached hydrogen (secondary N) is 1. The third kappa shape index (κ3) is 5.45. The van der Waals surface area contributed by atoms with E-state index in [0.29, 0.717) is 56.9 Å². The lowest BCUT2D eigenvalue weighted by Gasteiger charge is -2.31. The van der Waals surface area contributed by atoms with Gasteiger partial charge in [-0.15, -0.1) is 0 Å². The zero-order chi connectivity index (χ0) is 26.5. The van der Waals surface area contributed by atoms with Crippen LogP contribution in [0.5, 0.6) is 11.5 Å². The molecule has 1 amide bonds. The number of amides is 1. The second kappa shape index (κ2) is 12.0. The molecule has 0 aliphatic carbocycles. The van der Waals surface area contributed by atoms with Crippen LogP contribution in [0.3, 0.4) is 0 Å². The molecule has 194 valence electrons. The molecule has 0 saturated carbocycles. The fourth-order valence-corrected chi connectivity index (χ4v) is 5.78. The van der Waals surface area contributed by atoms with E-state index in [9.17, 15) is 9.59 Å². The molecule has 0 fully saturated rings. The summed E-state index contributed by atoms with van der Waals surface area (Å²) in [5.41, 5.74) is 2.12. The lowest BCUT2D eigenvalue weighted by Crippen LogP contribution is -2.60. The molecular weight excluding hydrogens is 556 g/mol. The summed E-state index contributed by atoms with van der Waals surface area (Å²) in [6.07, 6.45) is 2.97. The topological polar surface area (TPSA) is 88.4 Å². The number of unbranched alkanes of at least 4 members (excludes halogenated alkanes) is 1. The van der Waals surface area contributed by atoms with Crippen molar-refractivity contribution in [3.63, 3.8) is 0 Å². The number of hydrogen-bond acceptors (Lipinski definition) is 6. The standard InChI is InChI=1S/C27H29BrN4O4S/c1-5-8-14-37-27-29-25(34)23-19-11-9-10-12-21(19)31(17(4)33)26(32(23)30-27)18-15-20(28)24(36-13-6-2)22(16-18)35-7-3/h6,9-12,15-16,26H,2,5,7-8,13-14H2,1,3-4H3/p+1. The van der Waals surface area contributed by atoms with Crippen molar-refractivity contribution in [2.24, 2.45) is 0 Å². The summed E-state index contributed by atoms with van der Waals surface area (Å²) in [6, 6.07) is 11.1. The Morgan fingerprint density at radius 1 is 1.30 bits per heavy atom. The van der Waals surface area contributed by atoms with Gasteiger partial charge in [-0.1, -0.05) is 49.9 Å². The number of ether oxygens (including phenoxy) is 2. The molecule has 4 rings (SSSR count). The summed E-state index contributed by atoms with van der Waals surface area (Å²) < 4.78 is 14.1. The van der Waals surface area contributed by atoms with Crippen LogP contribution in [0.2, 0.25) is 0 Å². The molecule has 3 aromatic rings. The van der Waals surface area contributed by atoms with Crippen molar-refractivity contribution in [1.82, 2.24) is 10.1 Å². The lowest BCUT2D eigenvalue weighted by molar-refractivity contribution is -0.763. The van der Waals surface area contributed by atoms with Gasteiger partial charge in [0, 0.05) is 17.8 Å². The van der Waals surface area contributed by atoms with Gasteiger partial charge in [-0.05, 0) is 58.2 Å². The second-order valence-corrected chi connectivity index (χ2v) is 10.3. The van der Waals surface area contributed by atoms with E-state index in [2.05, 4.69) is 34.4 Å². The lowest BCUT2D eigenvalue weighted by atomic mass is 10.0. The Balaban J connectivity index is 1.97. The number of aromatic nitrogens is 3. The van der Waals surface area contributed by atoms with Crippen molar-refractivity contribution < 1.29 is 19.0 Å². The first-order valence-corrected chi connectivity index (χ1v) is 14.0. The summed E-state index contributed by atoms with van der Waals surface area (Å²) >= 11 is 5.11. The van der Waals surface area contributed by atoms with Gasteiger partial charge >= 0.3 is 11.3 Å². The van der Waals surface area contributed by atoms with Crippen LogP contribution in [0.4, 0.5) is 5.69 Å². The van der Waals surface area contributed by atoms with Crippen LogP contribution in [0, 0.1) is 0 Å². The first-order chi connectivity index (χ1) is 17.9. The summed E-state index contributed by atoms with van der Waals surface area (Å²) in [5.74, 6) is 1.70. The quantitative estimate of drug-likeness (QED) is 0.151. The number of H-pyrrole nitrogens is 1. The molecule has 2 aromatic carbocycles. The van der Waals surface area contributed by atoms with Crippen LogP contribution in [-0.4, -0.2) is 35.0 Å². The number of thioether (sulfide) groups is 1. The highest BCUT2D eigenvalue weighted by atomic mass is 79.9. The van der Waals surface area contributed by atoms with Crippen molar-refractivity contribution in [3.8, 4) is 22.8 Å². The minimum atomic E-state index is -0.723. The van der Waals surface area contributed by atoms with Crippen LogP contribution in [-0.2, 0) is 4.79 Å². The molecule has 8 nitrogen and oxygen atoms in total. The number of nitrogens with zero attached hydrogens (tertiary/aromatic N) is 3. The van der Waals surface area contributed by atoms with Gasteiger partial charge in [0.05, 0.1) is 27.9 Å². The van der Waals surface area contributed by atoms with Crippen molar-refractivity contribution in [2.75, 3.05) is 23.9 Å². The number of benzene rings is 2. The molecule has 10 heteroatoms. The molecule has 1 aromatic heterocycles. The number of para-hydroxylation sites is 1. The highest BCUT2D eigenvalue weighted by Crippen LogP contribution is 2.42. The van der Waals surface area contributed by atoms with Gasteiger partial charge in [-0.25, -0.2) is 4.90 Å². The average molecular weight is 587 g/mol. The smallest absolute Gasteiger partial charge is 0.325 e. The number of fused-ring (bicyclic) bond motifs is 3. The van der Waals surface area contributed by atoms with Gasteiger partial charge in [-0.3, -0.25) is 14.6 Å². The van der Waals surface area contributed by atoms with E-state index in [1.54, 1.807) is 15.7 Å². The van der Waals surface area contributed by atoms with Crippen LogP contribution in [0.1, 0.15) is 45.3 Å². The number of aromatic amines is 1. The molecule has 0 spiro atoms. The van der Waals surface area contributed by atoms with E-state index in [4.69, 9.17) is 14.6 Å². The summed E-state index contributed by atoms with van der Waals surface area (Å²) in [7, 11) is 0. The van der Waals surface area contributed by atoms with Crippen LogP contribution >= 0.6 is 27.7 Å². The van der Waals surface area contributed by atoms with E-state index >= 15 is 0 Å². The second-order valence-electron chi connectivity index (χ2n) is 8.40. The number of carbonyl (C=O) groups is 1. The summed E-state index contributed by atoms with van der Waals surface area (Å²) in [6.45, 7) is 9.97. The van der Waals surface area contributed by atoms with E-state index in [0.717, 1.165) is 18.6 Å². The zero-order valence-electron chi connectivity index (χ0n) is 21.1. The third-order valence-corrected chi connectivity index (χ3v) is 7.35. The van der Waals surface area contributed by atoms with Crippen molar-refractivity contribution in [1.29, 1.82) is 0 Å². The van der Waals surface area contributed by atoms with E-state index < -0.39 is 6.17 Å². The summed E-state index contributed by atoms with van der Waals surface area (Å²) in [5, 5.41) is 5.35. The molecule has 0 bridgehead atoms. The predicted molar refractivity (Wildman–Crippen MR) is 148 cm³/mol. The van der Waals surface area contributed by atoms with Crippen molar-refractivity contribution in [2.45, 2.75) is 44.9 Å². The Labute approximate surface area is 228 Å². The van der Waals surface area contributed by atoms with E-state index in [1.165, 1.54) is 18.7 Å². The molecule has 1 unspecified atom stereocenters. The first kappa shape index (κ1) is 26.9. The molecule has 2 heterocycles. The Morgan fingerprint density at radius 2 is 2.08 bits per heavy atom. The van der Waals surface area contributed by atoms with Gasteiger partial charge < -0.3 is 9.47 Å². The van der Waals surface area contributed by atoms with Gasteiger partial charge in [0.1, 0.15) is 6.61 Å². The third-order valence-electron chi connectivity index (χ3n) is 5.81.